The first-order chi connectivity index (χ1) is 11.9. The highest BCUT2D eigenvalue weighted by molar-refractivity contribution is 7.91. The number of ether oxygens (including phenoxy) is 1. The van der Waals surface area contributed by atoms with E-state index in [4.69, 9.17) is 4.74 Å². The summed E-state index contributed by atoms with van der Waals surface area (Å²) in [5.74, 6) is 0.892. The van der Waals surface area contributed by atoms with Crippen molar-refractivity contribution in [1.29, 1.82) is 0 Å². The van der Waals surface area contributed by atoms with Gasteiger partial charge in [-0.15, -0.1) is 0 Å². The SMILES string of the molecule is COc1ccc(CN(Cc2cccc(F)c2)C2CCS(=O)(=O)C2)cc1. The van der Waals surface area contributed by atoms with Gasteiger partial charge in [0.15, 0.2) is 9.84 Å². The van der Waals surface area contributed by atoms with E-state index in [-0.39, 0.29) is 23.4 Å². The van der Waals surface area contributed by atoms with E-state index < -0.39 is 9.84 Å². The van der Waals surface area contributed by atoms with Gasteiger partial charge in [0.05, 0.1) is 18.6 Å². The molecule has 25 heavy (non-hydrogen) atoms. The van der Waals surface area contributed by atoms with E-state index in [0.717, 1.165) is 16.9 Å². The smallest absolute Gasteiger partial charge is 0.151 e. The highest BCUT2D eigenvalue weighted by atomic mass is 32.2. The standard InChI is InChI=1S/C19H22FNO3S/c1-24-19-7-5-15(6-8-19)12-21(18-9-10-25(22,23)14-18)13-16-3-2-4-17(20)11-16/h2-8,11,18H,9-10,12-14H2,1H3. The summed E-state index contributed by atoms with van der Waals surface area (Å²) in [4.78, 5) is 2.13. The van der Waals surface area contributed by atoms with E-state index in [2.05, 4.69) is 4.90 Å². The van der Waals surface area contributed by atoms with Crippen molar-refractivity contribution in [3.63, 3.8) is 0 Å². The summed E-state index contributed by atoms with van der Waals surface area (Å²) in [7, 11) is -1.36. The number of hydrogen-bond acceptors (Lipinski definition) is 4. The third-order valence-corrected chi connectivity index (χ3v) is 6.29. The number of hydrogen-bond donors (Lipinski definition) is 0. The third kappa shape index (κ3) is 4.80. The number of rotatable bonds is 6. The highest BCUT2D eigenvalue weighted by Gasteiger charge is 2.32. The van der Waals surface area contributed by atoms with E-state index in [1.807, 2.05) is 30.3 Å². The first kappa shape index (κ1) is 17.9. The average molecular weight is 363 g/mol. The largest absolute Gasteiger partial charge is 0.497 e. The molecular weight excluding hydrogens is 341 g/mol. The lowest BCUT2D eigenvalue weighted by molar-refractivity contribution is 0.194. The Hall–Kier alpha value is -1.92. The summed E-state index contributed by atoms with van der Waals surface area (Å²) in [5, 5.41) is 0. The molecule has 3 rings (SSSR count). The van der Waals surface area contributed by atoms with Crippen molar-refractivity contribution in [3.8, 4) is 5.75 Å². The number of halogens is 1. The van der Waals surface area contributed by atoms with Gasteiger partial charge in [-0.05, 0) is 41.8 Å². The van der Waals surface area contributed by atoms with Crippen molar-refractivity contribution >= 4 is 9.84 Å². The van der Waals surface area contributed by atoms with Crippen LogP contribution < -0.4 is 4.74 Å². The Morgan fingerprint density at radius 2 is 1.84 bits per heavy atom. The maximum Gasteiger partial charge on any atom is 0.151 e. The van der Waals surface area contributed by atoms with Crippen LogP contribution in [0.1, 0.15) is 17.5 Å². The second-order valence-corrected chi connectivity index (χ2v) is 8.67. The predicted octanol–water partition coefficient (Wildman–Crippen LogP) is 3.02. The summed E-state index contributed by atoms with van der Waals surface area (Å²) in [5.41, 5.74) is 1.92. The molecule has 0 aromatic heterocycles. The maximum absolute atomic E-state index is 13.5. The van der Waals surface area contributed by atoms with E-state index in [9.17, 15) is 12.8 Å². The molecule has 2 aromatic carbocycles. The normalized spacial score (nSPS) is 19.2. The molecule has 1 saturated heterocycles. The summed E-state index contributed by atoms with van der Waals surface area (Å²) in [6.07, 6.45) is 0.619. The molecule has 1 heterocycles. The monoisotopic (exact) mass is 363 g/mol. The van der Waals surface area contributed by atoms with E-state index in [1.54, 1.807) is 13.2 Å². The highest BCUT2D eigenvalue weighted by Crippen LogP contribution is 2.23. The van der Waals surface area contributed by atoms with Crippen LogP contribution in [0.4, 0.5) is 4.39 Å². The lowest BCUT2D eigenvalue weighted by Crippen LogP contribution is -2.35. The van der Waals surface area contributed by atoms with Gasteiger partial charge in [-0.1, -0.05) is 24.3 Å². The van der Waals surface area contributed by atoms with Crippen LogP contribution >= 0.6 is 0 Å². The molecule has 0 aliphatic carbocycles. The van der Waals surface area contributed by atoms with Gasteiger partial charge in [-0.2, -0.15) is 0 Å². The van der Waals surface area contributed by atoms with Crippen molar-refractivity contribution in [1.82, 2.24) is 4.90 Å². The van der Waals surface area contributed by atoms with Gasteiger partial charge < -0.3 is 4.74 Å². The van der Waals surface area contributed by atoms with Crippen molar-refractivity contribution in [2.75, 3.05) is 18.6 Å². The lowest BCUT2D eigenvalue weighted by Gasteiger charge is -2.28. The predicted molar refractivity (Wildman–Crippen MR) is 95.7 cm³/mol. The molecule has 1 aliphatic rings. The first-order valence-corrected chi connectivity index (χ1v) is 10.1. The molecular formula is C19H22FNO3S. The molecule has 1 unspecified atom stereocenters. The molecule has 0 spiro atoms. The molecule has 0 N–H and O–H groups in total. The van der Waals surface area contributed by atoms with Gasteiger partial charge in [-0.3, -0.25) is 4.90 Å². The molecule has 0 bridgehead atoms. The molecule has 0 amide bonds. The van der Waals surface area contributed by atoms with Crippen LogP contribution in [0.25, 0.3) is 0 Å². The molecule has 1 fully saturated rings. The van der Waals surface area contributed by atoms with Gasteiger partial charge in [0.2, 0.25) is 0 Å². The minimum Gasteiger partial charge on any atom is -0.497 e. The van der Waals surface area contributed by atoms with E-state index in [1.165, 1.54) is 12.1 Å². The molecule has 1 aliphatic heterocycles. The van der Waals surface area contributed by atoms with E-state index in [0.29, 0.717) is 19.5 Å². The Morgan fingerprint density at radius 3 is 2.44 bits per heavy atom. The minimum atomic E-state index is -2.98. The van der Waals surface area contributed by atoms with Gasteiger partial charge in [0.1, 0.15) is 11.6 Å². The fourth-order valence-corrected chi connectivity index (χ4v) is 4.97. The zero-order valence-electron chi connectivity index (χ0n) is 14.2. The van der Waals surface area contributed by atoms with Crippen LogP contribution in [0.3, 0.4) is 0 Å². The molecule has 0 radical (unpaired) electrons. The Morgan fingerprint density at radius 1 is 1.12 bits per heavy atom. The maximum atomic E-state index is 13.5. The number of benzene rings is 2. The van der Waals surface area contributed by atoms with Gasteiger partial charge in [-0.25, -0.2) is 12.8 Å². The number of nitrogens with zero attached hydrogens (tertiary/aromatic N) is 1. The molecule has 6 heteroatoms. The average Bonchev–Trinajstić information content (AvgIpc) is 2.95. The van der Waals surface area contributed by atoms with E-state index >= 15 is 0 Å². The minimum absolute atomic E-state index is 0.0460. The Bertz CT molecular complexity index is 821. The van der Waals surface area contributed by atoms with Crippen molar-refractivity contribution in [2.24, 2.45) is 0 Å². The Kier molecular flexibility index (Phi) is 5.39. The molecule has 2 aromatic rings. The second kappa shape index (κ2) is 7.54. The summed E-state index contributed by atoms with van der Waals surface area (Å²) < 4.78 is 42.4. The summed E-state index contributed by atoms with van der Waals surface area (Å²) in [6.45, 7) is 1.13. The Balaban J connectivity index is 1.80. The summed E-state index contributed by atoms with van der Waals surface area (Å²) in [6, 6.07) is 14.1. The van der Waals surface area contributed by atoms with Crippen LogP contribution in [-0.4, -0.2) is 38.0 Å². The quantitative estimate of drug-likeness (QED) is 0.791. The summed E-state index contributed by atoms with van der Waals surface area (Å²) >= 11 is 0. The molecule has 1 atom stereocenters. The van der Waals surface area contributed by atoms with Crippen LogP contribution in [-0.2, 0) is 22.9 Å². The van der Waals surface area contributed by atoms with Crippen molar-refractivity contribution in [3.05, 3.63) is 65.5 Å². The van der Waals surface area contributed by atoms with Crippen molar-refractivity contribution < 1.29 is 17.5 Å². The molecule has 0 saturated carbocycles. The fourth-order valence-electron chi connectivity index (χ4n) is 3.21. The zero-order chi connectivity index (χ0) is 17.9. The van der Waals surface area contributed by atoms with Crippen LogP contribution in [0, 0.1) is 5.82 Å². The topological polar surface area (TPSA) is 46.6 Å². The fraction of sp³-hybridized carbons (Fsp3) is 0.368. The van der Waals surface area contributed by atoms with Crippen LogP contribution in [0.5, 0.6) is 5.75 Å². The van der Waals surface area contributed by atoms with Crippen molar-refractivity contribution in [2.45, 2.75) is 25.6 Å². The molecule has 134 valence electrons. The molecule has 4 nitrogen and oxygen atoms in total. The Labute approximate surface area is 148 Å². The third-order valence-electron chi connectivity index (χ3n) is 4.54. The van der Waals surface area contributed by atoms with Crippen LogP contribution in [0.2, 0.25) is 0 Å². The number of sulfone groups is 1. The van der Waals surface area contributed by atoms with Crippen LogP contribution in [0.15, 0.2) is 48.5 Å². The number of methoxy groups -OCH3 is 1. The zero-order valence-corrected chi connectivity index (χ0v) is 15.0. The van der Waals surface area contributed by atoms with Gasteiger partial charge in [0, 0.05) is 19.1 Å². The lowest BCUT2D eigenvalue weighted by atomic mass is 10.1. The van der Waals surface area contributed by atoms with Gasteiger partial charge in [0.25, 0.3) is 0 Å². The first-order valence-electron chi connectivity index (χ1n) is 8.27. The second-order valence-electron chi connectivity index (χ2n) is 6.44. The van der Waals surface area contributed by atoms with Gasteiger partial charge >= 0.3 is 0 Å².